The summed E-state index contributed by atoms with van der Waals surface area (Å²) in [5.74, 6) is -1.13. The molecular formula is C15H12FN3O4S. The Morgan fingerprint density at radius 2 is 2.04 bits per heavy atom. The molecule has 7 nitrogen and oxygen atoms in total. The molecule has 0 atom stereocenters. The molecule has 1 amide bonds. The predicted octanol–water partition coefficient (Wildman–Crippen LogP) is 1.83. The molecule has 0 saturated heterocycles. The van der Waals surface area contributed by atoms with Gasteiger partial charge in [-0.15, -0.1) is 0 Å². The number of carbonyl (C=O) groups is 1. The Labute approximate surface area is 136 Å². The highest BCUT2D eigenvalue weighted by Gasteiger charge is 2.19. The van der Waals surface area contributed by atoms with Crippen LogP contribution in [0, 0.1) is 5.82 Å². The van der Waals surface area contributed by atoms with Crippen LogP contribution >= 0.6 is 0 Å². The first-order valence-electron chi connectivity index (χ1n) is 6.81. The fourth-order valence-corrected chi connectivity index (χ4v) is 3.09. The number of H-pyrrole nitrogens is 1. The normalized spacial score (nSPS) is 11.4. The minimum Gasteiger partial charge on any atom is -0.379 e. The lowest BCUT2D eigenvalue weighted by molar-refractivity contribution is 0.0959. The van der Waals surface area contributed by atoms with Crippen LogP contribution in [0.5, 0.6) is 5.75 Å². The van der Waals surface area contributed by atoms with Gasteiger partial charge in [-0.05, 0) is 36.4 Å². The quantitative estimate of drug-likeness (QED) is 0.700. The molecule has 3 rings (SSSR count). The maximum Gasteiger partial charge on any atom is 0.339 e. The number of fused-ring (bicyclic) bond motifs is 1. The van der Waals surface area contributed by atoms with Crippen molar-refractivity contribution in [3.8, 4) is 5.75 Å². The topological polar surface area (TPSA) is 101 Å². The van der Waals surface area contributed by atoms with Crippen molar-refractivity contribution in [2.24, 2.45) is 0 Å². The lowest BCUT2D eigenvalue weighted by atomic mass is 10.2. The molecule has 3 aromatic rings. The standard InChI is InChI=1S/C15H12FN3O4S/c1-17-15(20)14-12-8-10(5-6-13(12)18-19-14)23-24(21,22)11-4-2-3-9(16)7-11/h2-8H,1H3,(H,17,20)(H,18,19). The second-order valence-electron chi connectivity index (χ2n) is 4.85. The van der Waals surface area contributed by atoms with E-state index in [2.05, 4.69) is 15.5 Å². The maximum absolute atomic E-state index is 13.2. The van der Waals surface area contributed by atoms with Crippen molar-refractivity contribution in [3.63, 3.8) is 0 Å². The van der Waals surface area contributed by atoms with Crippen LogP contribution in [0.15, 0.2) is 47.4 Å². The van der Waals surface area contributed by atoms with Gasteiger partial charge in [0.25, 0.3) is 5.91 Å². The van der Waals surface area contributed by atoms with Crippen molar-refractivity contribution in [1.82, 2.24) is 15.5 Å². The number of nitrogens with zero attached hydrogens (tertiary/aromatic N) is 1. The Kier molecular flexibility index (Phi) is 3.94. The van der Waals surface area contributed by atoms with E-state index in [0.29, 0.717) is 10.9 Å². The lowest BCUT2D eigenvalue weighted by Gasteiger charge is -2.07. The SMILES string of the molecule is CNC(=O)c1n[nH]c2ccc(OS(=O)(=O)c3cccc(F)c3)cc12. The Morgan fingerprint density at radius 1 is 1.25 bits per heavy atom. The van der Waals surface area contributed by atoms with Crippen molar-refractivity contribution in [1.29, 1.82) is 0 Å². The van der Waals surface area contributed by atoms with E-state index >= 15 is 0 Å². The number of halogens is 1. The summed E-state index contributed by atoms with van der Waals surface area (Å²) in [4.78, 5) is 11.4. The van der Waals surface area contributed by atoms with Crippen LogP contribution in [0.2, 0.25) is 0 Å². The summed E-state index contributed by atoms with van der Waals surface area (Å²) in [5.41, 5.74) is 0.658. The maximum atomic E-state index is 13.2. The molecule has 0 aliphatic rings. The lowest BCUT2D eigenvalue weighted by Crippen LogP contribution is -2.18. The highest BCUT2D eigenvalue weighted by Crippen LogP contribution is 2.25. The van der Waals surface area contributed by atoms with Crippen LogP contribution in [-0.4, -0.2) is 31.6 Å². The summed E-state index contributed by atoms with van der Waals surface area (Å²) < 4.78 is 42.7. The Balaban J connectivity index is 1.99. The van der Waals surface area contributed by atoms with E-state index in [-0.39, 0.29) is 16.3 Å². The predicted molar refractivity (Wildman–Crippen MR) is 83.7 cm³/mol. The van der Waals surface area contributed by atoms with Gasteiger partial charge in [-0.3, -0.25) is 9.89 Å². The van der Waals surface area contributed by atoms with Gasteiger partial charge in [-0.2, -0.15) is 13.5 Å². The molecule has 1 aromatic heterocycles. The Bertz CT molecular complexity index is 1030. The van der Waals surface area contributed by atoms with E-state index in [1.807, 2.05) is 0 Å². The number of carbonyl (C=O) groups excluding carboxylic acids is 1. The highest BCUT2D eigenvalue weighted by molar-refractivity contribution is 7.87. The highest BCUT2D eigenvalue weighted by atomic mass is 32.2. The van der Waals surface area contributed by atoms with E-state index in [1.54, 1.807) is 0 Å². The van der Waals surface area contributed by atoms with Gasteiger partial charge in [0.05, 0.1) is 5.52 Å². The van der Waals surface area contributed by atoms with Gasteiger partial charge in [0.2, 0.25) is 0 Å². The first-order valence-corrected chi connectivity index (χ1v) is 8.22. The molecule has 0 saturated carbocycles. The number of aromatic nitrogens is 2. The zero-order chi connectivity index (χ0) is 17.3. The number of aromatic amines is 1. The zero-order valence-electron chi connectivity index (χ0n) is 12.4. The van der Waals surface area contributed by atoms with E-state index in [4.69, 9.17) is 4.18 Å². The summed E-state index contributed by atoms with van der Waals surface area (Å²) in [7, 11) is -2.74. The van der Waals surface area contributed by atoms with Gasteiger partial charge in [0.1, 0.15) is 16.5 Å². The van der Waals surface area contributed by atoms with Crippen LogP contribution in [0.4, 0.5) is 4.39 Å². The molecule has 0 radical (unpaired) electrons. The number of rotatable bonds is 4. The molecule has 1 heterocycles. The molecule has 0 aliphatic carbocycles. The Morgan fingerprint density at radius 3 is 2.75 bits per heavy atom. The molecule has 0 fully saturated rings. The fraction of sp³-hybridized carbons (Fsp3) is 0.0667. The molecule has 124 valence electrons. The van der Waals surface area contributed by atoms with Crippen LogP contribution in [0.25, 0.3) is 10.9 Å². The average Bonchev–Trinajstić information content (AvgIpc) is 2.97. The van der Waals surface area contributed by atoms with Crippen LogP contribution in [0.1, 0.15) is 10.5 Å². The molecule has 0 bridgehead atoms. The van der Waals surface area contributed by atoms with Crippen molar-refractivity contribution in [2.45, 2.75) is 4.90 Å². The summed E-state index contributed by atoms with van der Waals surface area (Å²) in [6, 6.07) is 8.81. The zero-order valence-corrected chi connectivity index (χ0v) is 13.2. The van der Waals surface area contributed by atoms with Crippen molar-refractivity contribution in [3.05, 3.63) is 54.0 Å². The molecular weight excluding hydrogens is 337 g/mol. The Hall–Kier alpha value is -2.94. The summed E-state index contributed by atoms with van der Waals surface area (Å²) in [5, 5.41) is 9.39. The van der Waals surface area contributed by atoms with Gasteiger partial charge in [-0.1, -0.05) is 6.07 Å². The van der Waals surface area contributed by atoms with Gasteiger partial charge < -0.3 is 9.50 Å². The van der Waals surface area contributed by atoms with Gasteiger partial charge in [0.15, 0.2) is 5.69 Å². The fourth-order valence-electron chi connectivity index (χ4n) is 2.13. The van der Waals surface area contributed by atoms with Crippen LogP contribution < -0.4 is 9.50 Å². The second kappa shape index (κ2) is 5.93. The summed E-state index contributed by atoms with van der Waals surface area (Å²) >= 11 is 0. The summed E-state index contributed by atoms with van der Waals surface area (Å²) in [6.07, 6.45) is 0. The van der Waals surface area contributed by atoms with E-state index in [1.165, 1.54) is 37.4 Å². The molecule has 9 heteroatoms. The summed E-state index contributed by atoms with van der Waals surface area (Å²) in [6.45, 7) is 0. The second-order valence-corrected chi connectivity index (χ2v) is 6.40. The molecule has 2 N–H and O–H groups in total. The van der Waals surface area contributed by atoms with E-state index < -0.39 is 21.8 Å². The largest absolute Gasteiger partial charge is 0.379 e. The smallest absolute Gasteiger partial charge is 0.339 e. The van der Waals surface area contributed by atoms with Crippen molar-refractivity contribution in [2.75, 3.05) is 7.05 Å². The van der Waals surface area contributed by atoms with Crippen LogP contribution in [0.3, 0.4) is 0 Å². The molecule has 0 spiro atoms. The third-order valence-electron chi connectivity index (χ3n) is 3.27. The minimum absolute atomic E-state index is 0.0154. The first-order chi connectivity index (χ1) is 11.4. The number of nitrogens with one attached hydrogen (secondary N) is 2. The third-order valence-corrected chi connectivity index (χ3v) is 4.51. The van der Waals surface area contributed by atoms with E-state index in [0.717, 1.165) is 12.1 Å². The number of hydrogen-bond acceptors (Lipinski definition) is 5. The van der Waals surface area contributed by atoms with E-state index in [9.17, 15) is 17.6 Å². The molecule has 0 aliphatic heterocycles. The number of benzene rings is 2. The molecule has 24 heavy (non-hydrogen) atoms. The van der Waals surface area contributed by atoms with Gasteiger partial charge in [-0.25, -0.2) is 4.39 Å². The number of hydrogen-bond donors (Lipinski definition) is 2. The number of amides is 1. The minimum atomic E-state index is -4.20. The average molecular weight is 349 g/mol. The van der Waals surface area contributed by atoms with Crippen molar-refractivity contribution >= 4 is 26.9 Å². The van der Waals surface area contributed by atoms with Crippen molar-refractivity contribution < 1.29 is 21.8 Å². The molecule has 2 aromatic carbocycles. The van der Waals surface area contributed by atoms with Gasteiger partial charge in [0, 0.05) is 12.4 Å². The monoisotopic (exact) mass is 349 g/mol. The van der Waals surface area contributed by atoms with Crippen LogP contribution in [-0.2, 0) is 10.1 Å². The van der Waals surface area contributed by atoms with Gasteiger partial charge >= 0.3 is 10.1 Å². The first kappa shape index (κ1) is 15.9. The molecule has 0 unspecified atom stereocenters. The third kappa shape index (κ3) is 2.93.